The molecule has 2 fully saturated rings. The van der Waals surface area contributed by atoms with Crippen LogP contribution in [0.4, 0.5) is 0 Å². The quantitative estimate of drug-likeness (QED) is 0.686. The molecule has 1 aliphatic carbocycles. The van der Waals surface area contributed by atoms with Crippen LogP contribution in [0, 0.1) is 5.92 Å². The van der Waals surface area contributed by atoms with Crippen LogP contribution < -0.4 is 11.1 Å². The molecule has 1 aliphatic heterocycles. The molecule has 3 N–H and O–H groups in total. The minimum Gasteiger partial charge on any atom is -0.326 e. The van der Waals surface area contributed by atoms with Crippen LogP contribution >= 0.6 is 0 Å². The summed E-state index contributed by atoms with van der Waals surface area (Å²) >= 11 is 0. The SMILES string of the molecule is CN1CCC(C(N)CNC2CC2)CC1. The average Bonchev–Trinajstić information content (AvgIpc) is 2.99. The first-order chi connectivity index (χ1) is 6.75. The molecule has 1 unspecified atom stereocenters. The Hall–Kier alpha value is -0.120. The molecule has 3 nitrogen and oxygen atoms in total. The Kier molecular flexibility index (Phi) is 3.42. The van der Waals surface area contributed by atoms with E-state index in [1.165, 1.54) is 38.8 Å². The first kappa shape index (κ1) is 10.4. The maximum absolute atomic E-state index is 6.19. The molecule has 0 aromatic rings. The van der Waals surface area contributed by atoms with Crippen LogP contribution in [0.15, 0.2) is 0 Å². The van der Waals surface area contributed by atoms with E-state index < -0.39 is 0 Å². The highest BCUT2D eigenvalue weighted by Gasteiger charge is 2.25. The van der Waals surface area contributed by atoms with Crippen molar-refractivity contribution in [2.24, 2.45) is 11.7 Å². The van der Waals surface area contributed by atoms with Crippen LogP contribution in [0.3, 0.4) is 0 Å². The molecule has 0 radical (unpaired) electrons. The Morgan fingerprint density at radius 3 is 2.50 bits per heavy atom. The molecule has 2 aliphatic rings. The zero-order chi connectivity index (χ0) is 9.97. The van der Waals surface area contributed by atoms with Crippen molar-refractivity contribution in [1.29, 1.82) is 0 Å². The summed E-state index contributed by atoms with van der Waals surface area (Å²) in [5.74, 6) is 0.748. The number of nitrogens with one attached hydrogen (secondary N) is 1. The van der Waals surface area contributed by atoms with E-state index in [1.54, 1.807) is 0 Å². The third-order valence-electron chi connectivity index (χ3n) is 3.59. The fourth-order valence-corrected chi connectivity index (χ4v) is 2.21. The van der Waals surface area contributed by atoms with Gasteiger partial charge in [0.1, 0.15) is 0 Å². The van der Waals surface area contributed by atoms with Gasteiger partial charge in [0.05, 0.1) is 0 Å². The Balaban J connectivity index is 1.65. The van der Waals surface area contributed by atoms with Crippen LogP contribution in [-0.4, -0.2) is 43.7 Å². The standard InChI is InChI=1S/C11H23N3/c1-14-6-4-9(5-7-14)11(12)8-13-10-2-3-10/h9-11,13H,2-8,12H2,1H3. The van der Waals surface area contributed by atoms with Crippen LogP contribution in [0.2, 0.25) is 0 Å². The highest BCUT2D eigenvalue weighted by atomic mass is 15.1. The maximum Gasteiger partial charge on any atom is 0.0194 e. The van der Waals surface area contributed by atoms with E-state index in [1.807, 2.05) is 0 Å². The number of nitrogens with two attached hydrogens (primary N) is 1. The Morgan fingerprint density at radius 2 is 1.93 bits per heavy atom. The van der Waals surface area contributed by atoms with Gasteiger partial charge in [-0.1, -0.05) is 0 Å². The third kappa shape index (κ3) is 2.94. The Labute approximate surface area is 87.0 Å². The van der Waals surface area contributed by atoms with Gasteiger partial charge in [0, 0.05) is 18.6 Å². The summed E-state index contributed by atoms with van der Waals surface area (Å²) in [6.07, 6.45) is 5.29. The van der Waals surface area contributed by atoms with Crippen molar-refractivity contribution < 1.29 is 0 Å². The first-order valence-corrected chi connectivity index (χ1v) is 5.93. The summed E-state index contributed by atoms with van der Waals surface area (Å²) in [4.78, 5) is 2.40. The molecule has 1 heterocycles. The lowest BCUT2D eigenvalue weighted by Crippen LogP contribution is -2.45. The smallest absolute Gasteiger partial charge is 0.0194 e. The molecule has 0 aromatic carbocycles. The third-order valence-corrected chi connectivity index (χ3v) is 3.59. The molecule has 14 heavy (non-hydrogen) atoms. The minimum absolute atomic E-state index is 0.379. The molecule has 1 atom stereocenters. The second-order valence-corrected chi connectivity index (χ2v) is 4.99. The summed E-state index contributed by atoms with van der Waals surface area (Å²) in [7, 11) is 2.20. The second-order valence-electron chi connectivity index (χ2n) is 4.99. The van der Waals surface area contributed by atoms with Crippen molar-refractivity contribution in [2.45, 2.75) is 37.8 Å². The Morgan fingerprint density at radius 1 is 1.29 bits per heavy atom. The molecule has 0 aromatic heterocycles. The number of hydrogen-bond acceptors (Lipinski definition) is 3. The first-order valence-electron chi connectivity index (χ1n) is 5.93. The summed E-state index contributed by atoms with van der Waals surface area (Å²) in [6.45, 7) is 3.47. The average molecular weight is 197 g/mol. The van der Waals surface area contributed by atoms with Crippen LogP contribution in [0.5, 0.6) is 0 Å². The van der Waals surface area contributed by atoms with E-state index in [4.69, 9.17) is 5.73 Å². The number of piperidine rings is 1. The van der Waals surface area contributed by atoms with Gasteiger partial charge in [0.2, 0.25) is 0 Å². The number of nitrogens with zero attached hydrogens (tertiary/aromatic N) is 1. The largest absolute Gasteiger partial charge is 0.326 e. The highest BCUT2D eigenvalue weighted by Crippen LogP contribution is 2.21. The lowest BCUT2D eigenvalue weighted by atomic mass is 9.90. The van der Waals surface area contributed by atoms with E-state index in [2.05, 4.69) is 17.3 Å². The molecular formula is C11H23N3. The summed E-state index contributed by atoms with van der Waals surface area (Å²) in [6, 6.07) is 1.18. The molecule has 3 heteroatoms. The van der Waals surface area contributed by atoms with E-state index >= 15 is 0 Å². The van der Waals surface area contributed by atoms with Crippen molar-refractivity contribution in [3.63, 3.8) is 0 Å². The fourth-order valence-electron chi connectivity index (χ4n) is 2.21. The van der Waals surface area contributed by atoms with Gasteiger partial charge < -0.3 is 16.0 Å². The monoisotopic (exact) mass is 197 g/mol. The van der Waals surface area contributed by atoms with Crippen molar-refractivity contribution in [3.05, 3.63) is 0 Å². The normalized spacial score (nSPS) is 27.9. The Bertz CT molecular complexity index is 171. The van der Waals surface area contributed by atoms with Crippen molar-refractivity contribution in [2.75, 3.05) is 26.7 Å². The summed E-state index contributed by atoms with van der Waals surface area (Å²) in [5.41, 5.74) is 6.19. The molecular weight excluding hydrogens is 174 g/mol. The van der Waals surface area contributed by atoms with Crippen molar-refractivity contribution >= 4 is 0 Å². The lowest BCUT2D eigenvalue weighted by Gasteiger charge is -2.32. The van der Waals surface area contributed by atoms with E-state index in [0.29, 0.717) is 6.04 Å². The van der Waals surface area contributed by atoms with Gasteiger partial charge in [-0.05, 0) is 51.7 Å². The molecule has 0 amide bonds. The van der Waals surface area contributed by atoms with E-state index in [-0.39, 0.29) is 0 Å². The molecule has 2 rings (SSSR count). The minimum atomic E-state index is 0.379. The summed E-state index contributed by atoms with van der Waals surface area (Å²) in [5, 5.41) is 3.53. The summed E-state index contributed by atoms with van der Waals surface area (Å²) < 4.78 is 0. The molecule has 1 saturated heterocycles. The topological polar surface area (TPSA) is 41.3 Å². The van der Waals surface area contributed by atoms with Gasteiger partial charge in [-0.2, -0.15) is 0 Å². The van der Waals surface area contributed by atoms with Gasteiger partial charge in [-0.3, -0.25) is 0 Å². The lowest BCUT2D eigenvalue weighted by molar-refractivity contribution is 0.197. The number of rotatable bonds is 4. The number of hydrogen-bond donors (Lipinski definition) is 2. The molecule has 0 spiro atoms. The van der Waals surface area contributed by atoms with Gasteiger partial charge in [-0.15, -0.1) is 0 Å². The van der Waals surface area contributed by atoms with Crippen molar-refractivity contribution in [1.82, 2.24) is 10.2 Å². The highest BCUT2D eigenvalue weighted by molar-refractivity contribution is 4.86. The zero-order valence-corrected chi connectivity index (χ0v) is 9.21. The van der Waals surface area contributed by atoms with Crippen LogP contribution in [0.1, 0.15) is 25.7 Å². The predicted octanol–water partition coefficient (Wildman–Crippen LogP) is 0.408. The van der Waals surface area contributed by atoms with Gasteiger partial charge in [0.25, 0.3) is 0 Å². The second kappa shape index (κ2) is 4.60. The van der Waals surface area contributed by atoms with Crippen LogP contribution in [0.25, 0.3) is 0 Å². The fraction of sp³-hybridized carbons (Fsp3) is 1.00. The molecule has 1 saturated carbocycles. The predicted molar refractivity (Wildman–Crippen MR) is 59.2 cm³/mol. The van der Waals surface area contributed by atoms with E-state index in [0.717, 1.165) is 18.5 Å². The number of likely N-dealkylation sites (tertiary alicyclic amines) is 1. The van der Waals surface area contributed by atoms with Gasteiger partial charge in [0.15, 0.2) is 0 Å². The van der Waals surface area contributed by atoms with Crippen molar-refractivity contribution in [3.8, 4) is 0 Å². The molecule has 0 bridgehead atoms. The molecule has 82 valence electrons. The van der Waals surface area contributed by atoms with E-state index in [9.17, 15) is 0 Å². The van der Waals surface area contributed by atoms with Crippen LogP contribution in [-0.2, 0) is 0 Å². The zero-order valence-electron chi connectivity index (χ0n) is 9.21. The van der Waals surface area contributed by atoms with Gasteiger partial charge in [-0.25, -0.2) is 0 Å². The maximum atomic E-state index is 6.19. The van der Waals surface area contributed by atoms with Gasteiger partial charge >= 0.3 is 0 Å².